The van der Waals surface area contributed by atoms with Crippen molar-refractivity contribution in [3.63, 3.8) is 0 Å². The number of ether oxygens (including phenoxy) is 1. The Hall–Kier alpha value is -2.12. The summed E-state index contributed by atoms with van der Waals surface area (Å²) >= 11 is 0. The Morgan fingerprint density at radius 3 is 2.71 bits per heavy atom. The maximum Gasteiger partial charge on any atom is 0.410 e. The van der Waals surface area contributed by atoms with E-state index in [9.17, 15) is 9.59 Å². The standard InChI is InChI=1S/C13H20N4O4/c1-13(2,3)21-12(20)16-6-4-5-9(7-16)17-8-10(11(18)19)14-15-17/h8-9H,4-7H2,1-3H3,(H,18,19)/t9-/m1/s1. The van der Waals surface area contributed by atoms with Crippen LogP contribution in [0.3, 0.4) is 0 Å². The average Bonchev–Trinajstić information content (AvgIpc) is 2.86. The molecule has 2 rings (SSSR count). The van der Waals surface area contributed by atoms with Crippen LogP contribution in [0.4, 0.5) is 4.79 Å². The Morgan fingerprint density at radius 1 is 1.43 bits per heavy atom. The number of hydrogen-bond acceptors (Lipinski definition) is 5. The lowest BCUT2D eigenvalue weighted by atomic mass is 10.1. The molecular formula is C13H20N4O4. The molecule has 21 heavy (non-hydrogen) atoms. The number of carboxylic acids is 1. The van der Waals surface area contributed by atoms with Crippen LogP contribution in [0.25, 0.3) is 0 Å². The molecule has 0 spiro atoms. The van der Waals surface area contributed by atoms with Crippen LogP contribution >= 0.6 is 0 Å². The van der Waals surface area contributed by atoms with Crippen molar-refractivity contribution in [1.82, 2.24) is 19.9 Å². The molecule has 0 unspecified atom stereocenters. The molecule has 0 aromatic carbocycles. The fourth-order valence-corrected chi connectivity index (χ4v) is 2.22. The first-order valence-electron chi connectivity index (χ1n) is 6.89. The van der Waals surface area contributed by atoms with Crippen molar-refractivity contribution in [1.29, 1.82) is 0 Å². The van der Waals surface area contributed by atoms with Gasteiger partial charge in [0.25, 0.3) is 0 Å². The third-order valence-electron chi connectivity index (χ3n) is 3.15. The maximum absolute atomic E-state index is 12.1. The molecule has 1 aromatic heterocycles. The van der Waals surface area contributed by atoms with Gasteiger partial charge in [0.2, 0.25) is 0 Å². The Labute approximate surface area is 122 Å². The maximum atomic E-state index is 12.1. The first kappa shape index (κ1) is 15.3. The van der Waals surface area contributed by atoms with Crippen LogP contribution < -0.4 is 0 Å². The van der Waals surface area contributed by atoms with Gasteiger partial charge in [-0.05, 0) is 33.6 Å². The van der Waals surface area contributed by atoms with Crippen LogP contribution in [0.1, 0.15) is 50.1 Å². The summed E-state index contributed by atoms with van der Waals surface area (Å²) in [6.45, 7) is 6.54. The highest BCUT2D eigenvalue weighted by Gasteiger charge is 2.29. The summed E-state index contributed by atoms with van der Waals surface area (Å²) in [5, 5.41) is 16.3. The van der Waals surface area contributed by atoms with Crippen molar-refractivity contribution in [2.75, 3.05) is 13.1 Å². The number of aromatic nitrogens is 3. The molecule has 0 saturated carbocycles. The lowest BCUT2D eigenvalue weighted by Gasteiger charge is -2.33. The van der Waals surface area contributed by atoms with Crippen LogP contribution in [-0.4, -0.2) is 55.8 Å². The zero-order valence-electron chi connectivity index (χ0n) is 12.4. The van der Waals surface area contributed by atoms with Crippen LogP contribution in [0.15, 0.2) is 6.20 Å². The topological polar surface area (TPSA) is 97.5 Å². The highest BCUT2D eigenvalue weighted by molar-refractivity contribution is 5.84. The molecule has 116 valence electrons. The molecule has 8 heteroatoms. The van der Waals surface area contributed by atoms with Crippen molar-refractivity contribution >= 4 is 12.1 Å². The predicted molar refractivity (Wildman–Crippen MR) is 73.1 cm³/mol. The summed E-state index contributed by atoms with van der Waals surface area (Å²) in [5.74, 6) is -1.11. The van der Waals surface area contributed by atoms with Crippen LogP contribution in [0.5, 0.6) is 0 Å². The van der Waals surface area contributed by atoms with Crippen LogP contribution in [0, 0.1) is 0 Å². The fourth-order valence-electron chi connectivity index (χ4n) is 2.22. The second-order valence-electron chi connectivity index (χ2n) is 6.11. The zero-order chi connectivity index (χ0) is 15.6. The van der Waals surface area contributed by atoms with Gasteiger partial charge in [0.1, 0.15) is 5.60 Å². The molecule has 1 aromatic rings. The van der Waals surface area contributed by atoms with E-state index in [1.54, 1.807) is 4.90 Å². The quantitative estimate of drug-likeness (QED) is 0.889. The highest BCUT2D eigenvalue weighted by atomic mass is 16.6. The number of aromatic carboxylic acids is 1. The van der Waals surface area contributed by atoms with E-state index in [1.807, 2.05) is 20.8 Å². The number of carboxylic acid groups (broad SMARTS) is 1. The Morgan fingerprint density at radius 2 is 2.14 bits per heavy atom. The summed E-state index contributed by atoms with van der Waals surface area (Å²) < 4.78 is 6.87. The minimum absolute atomic E-state index is 0.0770. The van der Waals surface area contributed by atoms with E-state index in [0.29, 0.717) is 13.1 Å². The van der Waals surface area contributed by atoms with Gasteiger partial charge in [-0.25, -0.2) is 14.3 Å². The first-order valence-corrected chi connectivity index (χ1v) is 6.89. The van der Waals surface area contributed by atoms with Gasteiger partial charge in [0.05, 0.1) is 12.2 Å². The van der Waals surface area contributed by atoms with Crippen molar-refractivity contribution in [2.24, 2.45) is 0 Å². The molecule has 0 radical (unpaired) electrons. The predicted octanol–water partition coefficient (Wildman–Crippen LogP) is 1.55. The lowest BCUT2D eigenvalue weighted by molar-refractivity contribution is 0.0166. The van der Waals surface area contributed by atoms with Crippen LogP contribution in [0.2, 0.25) is 0 Å². The largest absolute Gasteiger partial charge is 0.476 e. The summed E-state index contributed by atoms with van der Waals surface area (Å²) in [6, 6.07) is -0.0770. The first-order chi connectivity index (χ1) is 9.76. The van der Waals surface area contributed by atoms with Crippen molar-refractivity contribution in [2.45, 2.75) is 45.3 Å². The van der Waals surface area contributed by atoms with Gasteiger partial charge in [0.15, 0.2) is 5.69 Å². The minimum Gasteiger partial charge on any atom is -0.476 e. The SMILES string of the molecule is CC(C)(C)OC(=O)N1CCC[C@@H](n2cc(C(=O)O)nn2)C1. The van der Waals surface area contributed by atoms with Crippen LogP contribution in [-0.2, 0) is 4.74 Å². The van der Waals surface area contributed by atoms with E-state index in [0.717, 1.165) is 12.8 Å². The van der Waals surface area contributed by atoms with E-state index >= 15 is 0 Å². The monoisotopic (exact) mass is 296 g/mol. The van der Waals surface area contributed by atoms with Gasteiger partial charge >= 0.3 is 12.1 Å². The van der Waals surface area contributed by atoms with Gasteiger partial charge in [-0.3, -0.25) is 0 Å². The third-order valence-corrected chi connectivity index (χ3v) is 3.15. The molecule has 0 bridgehead atoms. The molecule has 1 N–H and O–H groups in total. The smallest absolute Gasteiger partial charge is 0.410 e. The van der Waals surface area contributed by atoms with Crippen molar-refractivity contribution in [3.8, 4) is 0 Å². The van der Waals surface area contributed by atoms with E-state index < -0.39 is 11.6 Å². The number of nitrogens with zero attached hydrogens (tertiary/aromatic N) is 4. The molecular weight excluding hydrogens is 276 g/mol. The normalized spacial score (nSPS) is 19.4. The van der Waals surface area contributed by atoms with E-state index in [-0.39, 0.29) is 17.8 Å². The van der Waals surface area contributed by atoms with Gasteiger partial charge in [-0.1, -0.05) is 5.21 Å². The number of amides is 1. The summed E-state index contributed by atoms with van der Waals surface area (Å²) in [5.41, 5.74) is -0.627. The number of likely N-dealkylation sites (tertiary alicyclic amines) is 1. The minimum atomic E-state index is -1.11. The van der Waals surface area contributed by atoms with E-state index in [2.05, 4.69) is 10.3 Å². The Bertz CT molecular complexity index is 535. The van der Waals surface area contributed by atoms with Gasteiger partial charge in [-0.15, -0.1) is 5.10 Å². The third kappa shape index (κ3) is 3.93. The fraction of sp³-hybridized carbons (Fsp3) is 0.692. The number of hydrogen-bond donors (Lipinski definition) is 1. The molecule has 1 atom stereocenters. The highest BCUT2D eigenvalue weighted by Crippen LogP contribution is 2.22. The summed E-state index contributed by atoms with van der Waals surface area (Å²) in [6.07, 6.45) is 2.67. The lowest BCUT2D eigenvalue weighted by Crippen LogP contribution is -2.43. The second kappa shape index (κ2) is 5.71. The van der Waals surface area contributed by atoms with Gasteiger partial charge in [-0.2, -0.15) is 0 Å². The summed E-state index contributed by atoms with van der Waals surface area (Å²) in [4.78, 5) is 24.5. The van der Waals surface area contributed by atoms with Gasteiger partial charge < -0.3 is 14.7 Å². The van der Waals surface area contributed by atoms with E-state index in [1.165, 1.54) is 10.9 Å². The Balaban J connectivity index is 2.03. The van der Waals surface area contributed by atoms with E-state index in [4.69, 9.17) is 9.84 Å². The molecule has 1 fully saturated rings. The number of piperidine rings is 1. The molecule has 1 aliphatic heterocycles. The molecule has 1 saturated heterocycles. The summed E-state index contributed by atoms with van der Waals surface area (Å²) in [7, 11) is 0. The molecule has 1 aliphatic rings. The molecule has 0 aliphatic carbocycles. The molecule has 2 heterocycles. The number of carbonyl (C=O) groups excluding carboxylic acids is 1. The molecule has 8 nitrogen and oxygen atoms in total. The zero-order valence-corrected chi connectivity index (χ0v) is 12.4. The molecule has 1 amide bonds. The van der Waals surface area contributed by atoms with Crippen molar-refractivity contribution in [3.05, 3.63) is 11.9 Å². The van der Waals surface area contributed by atoms with Gasteiger partial charge in [0, 0.05) is 13.1 Å². The average molecular weight is 296 g/mol. The number of rotatable bonds is 2. The second-order valence-corrected chi connectivity index (χ2v) is 6.11. The Kier molecular flexibility index (Phi) is 4.15. The number of carbonyl (C=O) groups is 2. The van der Waals surface area contributed by atoms with Crippen molar-refractivity contribution < 1.29 is 19.4 Å².